The summed E-state index contributed by atoms with van der Waals surface area (Å²) in [5, 5.41) is 15.0. The third-order valence-electron chi connectivity index (χ3n) is 4.26. The highest BCUT2D eigenvalue weighted by Gasteiger charge is 2.24. The summed E-state index contributed by atoms with van der Waals surface area (Å²) in [4.78, 5) is 5.69. The largest absolute Gasteiger partial charge is 0.384 e. The number of halogens is 1. The molecule has 1 aliphatic carbocycles. The van der Waals surface area contributed by atoms with Crippen molar-refractivity contribution in [1.82, 2.24) is 10.3 Å². The van der Waals surface area contributed by atoms with Crippen LogP contribution in [-0.2, 0) is 12.1 Å². The molecule has 0 bridgehead atoms. The molecule has 0 amide bonds. The molecule has 1 saturated carbocycles. The van der Waals surface area contributed by atoms with Crippen molar-refractivity contribution < 1.29 is 9.50 Å². The standard InChI is InChI=1S/C17H21FN2OS/c1-17(21,13-5-7-14(18)8-6-13)11-19-9-15-10-20-16(22-15)12-3-2-4-12/h5-8,10,12,19,21H,2-4,9,11H2,1H3. The molecule has 3 rings (SSSR count). The third-order valence-corrected chi connectivity index (χ3v) is 5.42. The highest BCUT2D eigenvalue weighted by molar-refractivity contribution is 7.11. The predicted octanol–water partition coefficient (Wildman–Crippen LogP) is 3.55. The Labute approximate surface area is 134 Å². The molecule has 0 spiro atoms. The fourth-order valence-corrected chi connectivity index (χ4v) is 3.64. The highest BCUT2D eigenvalue weighted by Crippen LogP contribution is 2.38. The normalized spacial score (nSPS) is 18.0. The van der Waals surface area contributed by atoms with Crippen molar-refractivity contribution in [2.24, 2.45) is 0 Å². The summed E-state index contributed by atoms with van der Waals surface area (Å²) >= 11 is 1.76. The van der Waals surface area contributed by atoms with Crippen LogP contribution in [-0.4, -0.2) is 16.6 Å². The molecular weight excluding hydrogens is 299 g/mol. The number of benzene rings is 1. The molecule has 3 nitrogen and oxygen atoms in total. The summed E-state index contributed by atoms with van der Waals surface area (Å²) < 4.78 is 12.9. The van der Waals surface area contributed by atoms with Gasteiger partial charge >= 0.3 is 0 Å². The zero-order valence-corrected chi connectivity index (χ0v) is 13.5. The monoisotopic (exact) mass is 320 g/mol. The quantitative estimate of drug-likeness (QED) is 0.855. The molecule has 1 unspecified atom stereocenters. The van der Waals surface area contributed by atoms with Crippen LogP contribution in [0.3, 0.4) is 0 Å². The van der Waals surface area contributed by atoms with E-state index in [0.717, 1.165) is 0 Å². The summed E-state index contributed by atoms with van der Waals surface area (Å²) in [6.07, 6.45) is 5.77. The second kappa shape index (κ2) is 6.44. The maximum atomic E-state index is 12.9. The van der Waals surface area contributed by atoms with Gasteiger partial charge in [-0.05, 0) is 37.5 Å². The van der Waals surface area contributed by atoms with E-state index in [9.17, 15) is 9.50 Å². The third kappa shape index (κ3) is 3.54. The highest BCUT2D eigenvalue weighted by atomic mass is 32.1. The van der Waals surface area contributed by atoms with Crippen LogP contribution < -0.4 is 5.32 Å². The van der Waals surface area contributed by atoms with Crippen LogP contribution in [0.25, 0.3) is 0 Å². The van der Waals surface area contributed by atoms with Gasteiger partial charge in [0.05, 0.1) is 10.6 Å². The molecule has 1 aromatic heterocycles. The van der Waals surface area contributed by atoms with Crippen LogP contribution in [0, 0.1) is 5.82 Å². The maximum absolute atomic E-state index is 12.9. The molecule has 1 atom stereocenters. The van der Waals surface area contributed by atoms with E-state index in [4.69, 9.17) is 0 Å². The van der Waals surface area contributed by atoms with Gasteiger partial charge in [0.2, 0.25) is 0 Å². The van der Waals surface area contributed by atoms with E-state index in [2.05, 4.69) is 10.3 Å². The molecule has 22 heavy (non-hydrogen) atoms. The van der Waals surface area contributed by atoms with Gasteiger partial charge in [0.15, 0.2) is 0 Å². The zero-order chi connectivity index (χ0) is 15.6. The van der Waals surface area contributed by atoms with E-state index in [1.807, 2.05) is 6.20 Å². The molecule has 0 radical (unpaired) electrons. The van der Waals surface area contributed by atoms with Crippen molar-refractivity contribution in [1.29, 1.82) is 0 Å². The Balaban J connectivity index is 1.53. The summed E-state index contributed by atoms with van der Waals surface area (Å²) in [5.74, 6) is 0.377. The molecule has 118 valence electrons. The lowest BCUT2D eigenvalue weighted by Crippen LogP contribution is -2.35. The Bertz CT molecular complexity index is 620. The van der Waals surface area contributed by atoms with Gasteiger partial charge in [-0.3, -0.25) is 0 Å². The Morgan fingerprint density at radius 3 is 2.73 bits per heavy atom. The lowest BCUT2D eigenvalue weighted by molar-refractivity contribution is 0.0567. The molecule has 2 aromatic rings. The summed E-state index contributed by atoms with van der Waals surface area (Å²) in [7, 11) is 0. The van der Waals surface area contributed by atoms with Crippen LogP contribution >= 0.6 is 11.3 Å². The number of thiazole rings is 1. The summed E-state index contributed by atoms with van der Waals surface area (Å²) in [5.41, 5.74) is -0.310. The van der Waals surface area contributed by atoms with Crippen molar-refractivity contribution >= 4 is 11.3 Å². The Hall–Kier alpha value is -1.30. The molecular formula is C17H21FN2OS. The smallest absolute Gasteiger partial charge is 0.123 e. The van der Waals surface area contributed by atoms with Gasteiger partial charge in [-0.25, -0.2) is 9.37 Å². The lowest BCUT2D eigenvalue weighted by Gasteiger charge is -2.24. The predicted molar refractivity (Wildman–Crippen MR) is 86.4 cm³/mol. The Morgan fingerprint density at radius 2 is 2.09 bits per heavy atom. The van der Waals surface area contributed by atoms with Crippen molar-refractivity contribution in [2.75, 3.05) is 6.54 Å². The molecule has 0 aliphatic heterocycles. The first-order valence-corrected chi connectivity index (χ1v) is 8.50. The molecule has 1 aliphatic rings. The average Bonchev–Trinajstić information content (AvgIpc) is 2.85. The zero-order valence-electron chi connectivity index (χ0n) is 12.7. The topological polar surface area (TPSA) is 45.1 Å². The second-order valence-electron chi connectivity index (χ2n) is 6.18. The molecule has 1 aromatic carbocycles. The van der Waals surface area contributed by atoms with Gasteiger partial charge in [0, 0.05) is 30.1 Å². The van der Waals surface area contributed by atoms with E-state index in [0.29, 0.717) is 24.6 Å². The van der Waals surface area contributed by atoms with E-state index in [1.165, 1.54) is 41.3 Å². The molecule has 1 heterocycles. The summed E-state index contributed by atoms with van der Waals surface area (Å²) in [6, 6.07) is 5.99. The fraction of sp³-hybridized carbons (Fsp3) is 0.471. The van der Waals surface area contributed by atoms with Crippen molar-refractivity contribution in [3.05, 3.63) is 51.7 Å². The van der Waals surface area contributed by atoms with Gasteiger partial charge in [0.1, 0.15) is 5.82 Å². The first-order valence-electron chi connectivity index (χ1n) is 7.68. The Kier molecular flexibility index (Phi) is 4.57. The number of hydrogen-bond donors (Lipinski definition) is 2. The number of aromatic nitrogens is 1. The van der Waals surface area contributed by atoms with Crippen LogP contribution in [0.15, 0.2) is 30.5 Å². The molecule has 1 fully saturated rings. The fourth-order valence-electron chi connectivity index (χ4n) is 2.59. The van der Waals surface area contributed by atoms with Crippen molar-refractivity contribution in [3.8, 4) is 0 Å². The first-order chi connectivity index (χ1) is 10.5. The second-order valence-corrected chi connectivity index (χ2v) is 7.32. The SMILES string of the molecule is CC(O)(CNCc1cnc(C2CCC2)s1)c1ccc(F)cc1. The van der Waals surface area contributed by atoms with Crippen molar-refractivity contribution in [2.45, 2.75) is 44.2 Å². The van der Waals surface area contributed by atoms with E-state index in [-0.39, 0.29) is 5.82 Å². The van der Waals surface area contributed by atoms with Crippen LogP contribution in [0.1, 0.15) is 47.6 Å². The van der Waals surface area contributed by atoms with Gasteiger partial charge in [0.25, 0.3) is 0 Å². The van der Waals surface area contributed by atoms with Crippen LogP contribution in [0.4, 0.5) is 4.39 Å². The van der Waals surface area contributed by atoms with E-state index in [1.54, 1.807) is 30.4 Å². The van der Waals surface area contributed by atoms with Crippen molar-refractivity contribution in [3.63, 3.8) is 0 Å². The lowest BCUT2D eigenvalue weighted by atomic mass is 9.86. The molecule has 5 heteroatoms. The van der Waals surface area contributed by atoms with Crippen LogP contribution in [0.2, 0.25) is 0 Å². The average molecular weight is 320 g/mol. The number of rotatable bonds is 6. The Morgan fingerprint density at radius 1 is 1.36 bits per heavy atom. The van der Waals surface area contributed by atoms with Gasteiger partial charge < -0.3 is 10.4 Å². The number of hydrogen-bond acceptors (Lipinski definition) is 4. The minimum atomic E-state index is -1.02. The van der Waals surface area contributed by atoms with Gasteiger partial charge in [-0.15, -0.1) is 11.3 Å². The maximum Gasteiger partial charge on any atom is 0.123 e. The number of aliphatic hydroxyl groups is 1. The minimum absolute atomic E-state index is 0.291. The number of nitrogens with zero attached hydrogens (tertiary/aromatic N) is 1. The van der Waals surface area contributed by atoms with E-state index >= 15 is 0 Å². The van der Waals surface area contributed by atoms with E-state index < -0.39 is 5.60 Å². The summed E-state index contributed by atoms with van der Waals surface area (Å²) in [6.45, 7) is 2.84. The number of nitrogens with one attached hydrogen (secondary N) is 1. The first kappa shape index (κ1) is 15.6. The molecule has 2 N–H and O–H groups in total. The molecule has 0 saturated heterocycles. The van der Waals surface area contributed by atoms with Gasteiger partial charge in [-0.1, -0.05) is 18.6 Å². The van der Waals surface area contributed by atoms with Crippen LogP contribution in [0.5, 0.6) is 0 Å². The van der Waals surface area contributed by atoms with Gasteiger partial charge in [-0.2, -0.15) is 0 Å². The minimum Gasteiger partial charge on any atom is -0.384 e.